The molecular weight excluding hydrogens is 504 g/mol. The molecule has 0 bridgehead atoms. The molecule has 186 valence electrons. The number of para-hydroxylation sites is 1. The van der Waals surface area contributed by atoms with Gasteiger partial charge in [0.25, 0.3) is 0 Å². The summed E-state index contributed by atoms with van der Waals surface area (Å²) in [5, 5.41) is 5.88. The van der Waals surface area contributed by atoms with E-state index in [0.717, 1.165) is 11.1 Å². The Balaban J connectivity index is 1.54. The number of ether oxygens (including phenoxy) is 2. The van der Waals surface area contributed by atoms with E-state index in [4.69, 9.17) is 30.5 Å². The second-order valence-electron chi connectivity index (χ2n) is 9.09. The van der Waals surface area contributed by atoms with Crippen molar-refractivity contribution in [2.24, 2.45) is 0 Å². The van der Waals surface area contributed by atoms with Crippen molar-refractivity contribution in [1.29, 1.82) is 0 Å². The summed E-state index contributed by atoms with van der Waals surface area (Å²) < 4.78 is 19.2. The number of hydrogen-bond donors (Lipinski definition) is 0. The predicted molar refractivity (Wildman–Crippen MR) is 142 cm³/mol. The summed E-state index contributed by atoms with van der Waals surface area (Å²) in [6, 6.07) is 20.6. The Morgan fingerprint density at radius 3 is 2.66 bits per heavy atom. The van der Waals surface area contributed by atoms with E-state index in [1.807, 2.05) is 49.4 Å². The molecule has 1 aliphatic heterocycles. The molecule has 0 saturated heterocycles. The number of fused-ring (bicyclic) bond motifs is 6. The topological polar surface area (TPSA) is 91.8 Å². The molecule has 1 atom stereocenters. The molecule has 0 saturated carbocycles. The summed E-state index contributed by atoms with van der Waals surface area (Å²) in [4.78, 5) is 22.9. The van der Waals surface area contributed by atoms with Crippen molar-refractivity contribution < 1.29 is 13.9 Å². The Hall–Kier alpha value is -4.69. The third-order valence-electron chi connectivity index (χ3n) is 6.78. The average molecular weight is 523 g/mol. The normalized spacial score (nSPS) is 14.2. The van der Waals surface area contributed by atoms with E-state index < -0.39 is 11.5 Å². The van der Waals surface area contributed by atoms with Gasteiger partial charge in [-0.2, -0.15) is 0 Å². The molecule has 7 rings (SSSR count). The maximum absolute atomic E-state index is 13.5. The molecular formula is C29H19ClN4O4. The average Bonchev–Trinajstić information content (AvgIpc) is 3.37. The van der Waals surface area contributed by atoms with E-state index in [0.29, 0.717) is 61.5 Å². The number of hydrogen-bond acceptors (Lipinski definition) is 7. The van der Waals surface area contributed by atoms with Crippen molar-refractivity contribution >= 4 is 28.2 Å². The lowest BCUT2D eigenvalue weighted by molar-refractivity contribution is 0.416. The van der Waals surface area contributed by atoms with Crippen LogP contribution in [0.4, 0.5) is 0 Å². The fraction of sp³-hybridized carbons (Fsp3) is 0.103. The van der Waals surface area contributed by atoms with Crippen LogP contribution in [0, 0.1) is 6.92 Å². The van der Waals surface area contributed by atoms with E-state index in [9.17, 15) is 4.79 Å². The molecule has 0 aliphatic carbocycles. The monoisotopic (exact) mass is 522 g/mol. The van der Waals surface area contributed by atoms with E-state index in [1.54, 1.807) is 42.2 Å². The fourth-order valence-corrected chi connectivity index (χ4v) is 5.16. The third-order valence-corrected chi connectivity index (χ3v) is 7.01. The molecule has 0 amide bonds. The standard InChI is InChI=1S/C29H19ClN4O4/c1-15-7-9-16(10-8-15)22-23-25(18-5-3-4-6-21(18)37-29(23)35)38-28-24(22)27-32-26(33-34(27)14-31-28)19-13-17(30)11-12-20(19)36-2/h3-14,22H,1-2H3. The number of methoxy groups -OCH3 is 1. The van der Waals surface area contributed by atoms with Gasteiger partial charge in [-0.25, -0.2) is 19.3 Å². The molecule has 9 heteroatoms. The summed E-state index contributed by atoms with van der Waals surface area (Å²) in [7, 11) is 1.58. The highest BCUT2D eigenvalue weighted by molar-refractivity contribution is 6.30. The van der Waals surface area contributed by atoms with Crippen molar-refractivity contribution in [1.82, 2.24) is 19.6 Å². The van der Waals surface area contributed by atoms with Crippen LogP contribution < -0.4 is 15.1 Å². The maximum atomic E-state index is 13.5. The Labute approximate surface area is 221 Å². The van der Waals surface area contributed by atoms with Gasteiger partial charge in [0.15, 0.2) is 17.2 Å². The third kappa shape index (κ3) is 3.38. The lowest BCUT2D eigenvalue weighted by Crippen LogP contribution is -2.22. The molecule has 1 unspecified atom stereocenters. The van der Waals surface area contributed by atoms with E-state index >= 15 is 0 Å². The minimum atomic E-state index is -0.551. The molecule has 3 aromatic heterocycles. The minimum Gasteiger partial charge on any atom is -0.496 e. The van der Waals surface area contributed by atoms with Crippen LogP contribution in [-0.2, 0) is 0 Å². The highest BCUT2D eigenvalue weighted by Gasteiger charge is 2.37. The van der Waals surface area contributed by atoms with Crippen molar-refractivity contribution in [3.63, 3.8) is 0 Å². The van der Waals surface area contributed by atoms with E-state index in [1.165, 1.54) is 0 Å². The first-order valence-electron chi connectivity index (χ1n) is 11.9. The summed E-state index contributed by atoms with van der Waals surface area (Å²) in [6.07, 6.45) is 1.55. The number of aryl methyl sites for hydroxylation is 1. The van der Waals surface area contributed by atoms with Gasteiger partial charge in [-0.3, -0.25) is 0 Å². The molecule has 0 spiro atoms. The zero-order valence-electron chi connectivity index (χ0n) is 20.3. The number of aromatic nitrogens is 4. The molecule has 0 fully saturated rings. The largest absolute Gasteiger partial charge is 0.496 e. The van der Waals surface area contributed by atoms with Gasteiger partial charge in [-0.1, -0.05) is 53.6 Å². The number of benzene rings is 3. The minimum absolute atomic E-state index is 0.350. The van der Waals surface area contributed by atoms with Gasteiger partial charge in [0.1, 0.15) is 17.7 Å². The van der Waals surface area contributed by atoms with Gasteiger partial charge >= 0.3 is 5.63 Å². The first-order valence-corrected chi connectivity index (χ1v) is 12.3. The maximum Gasteiger partial charge on any atom is 0.344 e. The molecule has 1 aliphatic rings. The summed E-state index contributed by atoms with van der Waals surface area (Å²) in [5.74, 6) is 1.21. The molecule has 6 aromatic rings. The van der Waals surface area contributed by atoms with E-state index in [-0.39, 0.29) is 0 Å². The molecule has 4 heterocycles. The summed E-state index contributed by atoms with van der Waals surface area (Å²) in [5.41, 5.74) is 4.08. The second kappa shape index (κ2) is 8.43. The van der Waals surface area contributed by atoms with E-state index in [2.05, 4.69) is 10.1 Å². The summed E-state index contributed by atoms with van der Waals surface area (Å²) in [6.45, 7) is 2.01. The molecule has 3 aromatic carbocycles. The van der Waals surface area contributed by atoms with Gasteiger partial charge in [0, 0.05) is 5.02 Å². The SMILES string of the molecule is COc1ccc(Cl)cc1-c1nc2c3c(ncn2n1)Oc1c(c(=O)oc2ccccc12)C3c1ccc(C)cc1. The van der Waals surface area contributed by atoms with Gasteiger partial charge in [0.05, 0.1) is 35.1 Å². The van der Waals surface area contributed by atoms with Crippen LogP contribution in [0.25, 0.3) is 28.0 Å². The number of nitrogens with zero attached hydrogens (tertiary/aromatic N) is 4. The van der Waals surface area contributed by atoms with Crippen LogP contribution in [0.3, 0.4) is 0 Å². The smallest absolute Gasteiger partial charge is 0.344 e. The number of halogens is 1. The highest BCUT2D eigenvalue weighted by Crippen LogP contribution is 2.49. The predicted octanol–water partition coefficient (Wildman–Crippen LogP) is 6.15. The van der Waals surface area contributed by atoms with Crippen LogP contribution >= 0.6 is 11.6 Å². The van der Waals surface area contributed by atoms with Crippen LogP contribution in [0.1, 0.15) is 28.2 Å². The van der Waals surface area contributed by atoms with Crippen LogP contribution in [0.5, 0.6) is 17.4 Å². The van der Waals surface area contributed by atoms with Crippen molar-refractivity contribution in [2.45, 2.75) is 12.8 Å². The fourth-order valence-electron chi connectivity index (χ4n) is 4.99. The molecule has 0 radical (unpaired) electrons. The molecule has 0 N–H and O–H groups in total. The van der Waals surface area contributed by atoms with Gasteiger partial charge < -0.3 is 13.9 Å². The molecule has 8 nitrogen and oxygen atoms in total. The quantitative estimate of drug-likeness (QED) is 0.257. The lowest BCUT2D eigenvalue weighted by Gasteiger charge is -2.27. The van der Waals surface area contributed by atoms with Crippen LogP contribution in [-0.4, -0.2) is 26.7 Å². The highest BCUT2D eigenvalue weighted by atomic mass is 35.5. The lowest BCUT2D eigenvalue weighted by atomic mass is 9.84. The van der Waals surface area contributed by atoms with Crippen molar-refractivity contribution in [3.05, 3.63) is 111 Å². The first kappa shape index (κ1) is 22.5. The van der Waals surface area contributed by atoms with Gasteiger partial charge in [-0.15, -0.1) is 5.10 Å². The zero-order chi connectivity index (χ0) is 26.0. The Morgan fingerprint density at radius 1 is 1.03 bits per heavy atom. The van der Waals surface area contributed by atoms with Gasteiger partial charge in [0.2, 0.25) is 5.88 Å². The van der Waals surface area contributed by atoms with Crippen molar-refractivity contribution in [2.75, 3.05) is 7.11 Å². The Bertz CT molecular complexity index is 1950. The number of rotatable bonds is 3. The zero-order valence-corrected chi connectivity index (χ0v) is 21.1. The van der Waals surface area contributed by atoms with Crippen molar-refractivity contribution in [3.8, 4) is 28.8 Å². The first-order chi connectivity index (χ1) is 18.5. The van der Waals surface area contributed by atoms with Crippen LogP contribution in [0.15, 0.2) is 82.3 Å². The Morgan fingerprint density at radius 2 is 1.84 bits per heavy atom. The van der Waals surface area contributed by atoms with Crippen LogP contribution in [0.2, 0.25) is 5.02 Å². The second-order valence-corrected chi connectivity index (χ2v) is 9.52. The summed E-state index contributed by atoms with van der Waals surface area (Å²) >= 11 is 6.28. The van der Waals surface area contributed by atoms with Gasteiger partial charge in [-0.05, 0) is 42.8 Å². The molecule has 38 heavy (non-hydrogen) atoms. The Kier molecular flexibility index (Phi) is 4.99.